The van der Waals surface area contributed by atoms with Crippen LogP contribution < -0.4 is 0 Å². The van der Waals surface area contributed by atoms with E-state index in [0.29, 0.717) is 0 Å². The van der Waals surface area contributed by atoms with Crippen molar-refractivity contribution in [3.63, 3.8) is 0 Å². The van der Waals surface area contributed by atoms with Crippen LogP contribution >= 0.6 is 0 Å². The second kappa shape index (κ2) is 16.0. The van der Waals surface area contributed by atoms with Gasteiger partial charge in [0.15, 0.2) is 0 Å². The quantitative estimate of drug-likeness (QED) is 0.423. The summed E-state index contributed by atoms with van der Waals surface area (Å²) in [5.74, 6) is 0. The number of rotatable bonds is 0. The van der Waals surface area contributed by atoms with Crippen molar-refractivity contribution in [1.29, 1.82) is 0 Å². The van der Waals surface area contributed by atoms with Gasteiger partial charge in [0.25, 0.3) is 0 Å². The van der Waals surface area contributed by atoms with Crippen LogP contribution in [0.1, 0.15) is 0 Å². The van der Waals surface area contributed by atoms with Crippen LogP contribution in [-0.2, 0) is 0 Å². The van der Waals surface area contributed by atoms with Crippen LogP contribution in [0.3, 0.4) is 0 Å². The zero-order valence-electron chi connectivity index (χ0n) is 1.00. The van der Waals surface area contributed by atoms with Gasteiger partial charge >= 0.3 is 118 Å². The van der Waals surface area contributed by atoms with Crippen molar-refractivity contribution in [1.82, 2.24) is 0 Å². The van der Waals surface area contributed by atoms with Gasteiger partial charge in [-0.15, -0.1) is 0 Å². The van der Waals surface area contributed by atoms with Gasteiger partial charge in [0, 0.05) is 0 Å². The third-order valence-electron chi connectivity index (χ3n) is 0. The van der Waals surface area contributed by atoms with Crippen LogP contribution in [0.15, 0.2) is 0 Å². The summed E-state index contributed by atoms with van der Waals surface area (Å²) in [5.41, 5.74) is 0. The van der Waals surface area contributed by atoms with Gasteiger partial charge in [-0.1, -0.05) is 0 Å². The molecule has 4 heavy (non-hydrogen) atoms. The third kappa shape index (κ3) is 9.11. The fourth-order valence-corrected chi connectivity index (χ4v) is 0. The molecule has 0 aliphatic carbocycles. The van der Waals surface area contributed by atoms with E-state index < -0.39 is 0 Å². The Bertz CT molecular complexity index is 6.00. The van der Waals surface area contributed by atoms with E-state index in [0.717, 1.165) is 0 Å². The maximum atomic E-state index is 0. The Morgan fingerprint density at radius 1 is 0.750 bits per heavy atom. The van der Waals surface area contributed by atoms with E-state index >= 15 is 0 Å². The predicted molar refractivity (Wildman–Crippen MR) is 22.9 cm³/mol. The van der Waals surface area contributed by atoms with Crippen LogP contribution in [0.5, 0.6) is 0 Å². The van der Waals surface area contributed by atoms with Crippen molar-refractivity contribution in [3.05, 3.63) is 0 Å². The third-order valence-corrected chi connectivity index (χ3v) is 0. The van der Waals surface area contributed by atoms with E-state index in [-0.39, 0.29) is 129 Å². The van der Waals surface area contributed by atoms with Crippen molar-refractivity contribution in [2.75, 3.05) is 0 Å². The normalized spacial score (nSPS) is 0. The summed E-state index contributed by atoms with van der Waals surface area (Å²) in [6, 6.07) is 0. The van der Waals surface area contributed by atoms with Gasteiger partial charge in [-0.25, -0.2) is 0 Å². The molecule has 0 atom stereocenters. The SMILES string of the molecule is O.O.[BaH2].[CsH]. The Morgan fingerprint density at radius 3 is 0.750 bits per heavy atom. The fourth-order valence-electron chi connectivity index (χ4n) is 0. The summed E-state index contributed by atoms with van der Waals surface area (Å²) >= 11 is 0. The molecule has 0 radical (unpaired) electrons. The summed E-state index contributed by atoms with van der Waals surface area (Å²) in [6.07, 6.45) is 0. The Balaban J connectivity index is 0. The molecule has 0 bridgehead atoms. The van der Waals surface area contributed by atoms with Gasteiger partial charge in [-0.05, 0) is 0 Å². The van der Waals surface area contributed by atoms with E-state index in [9.17, 15) is 0 Å². The molecular weight excluding hydrogens is 302 g/mol. The second-order valence-corrected chi connectivity index (χ2v) is 0. The molecule has 0 aliphatic rings. The molecule has 0 saturated carbocycles. The van der Waals surface area contributed by atoms with Gasteiger partial charge in [0.1, 0.15) is 0 Å². The van der Waals surface area contributed by atoms with Crippen LogP contribution in [0.25, 0.3) is 0 Å². The first-order valence-electron chi connectivity index (χ1n) is 0. The van der Waals surface area contributed by atoms with Crippen LogP contribution in [0, 0.1) is 0 Å². The van der Waals surface area contributed by atoms with E-state index in [4.69, 9.17) is 0 Å². The fraction of sp³-hybridized carbons (Fsp3) is 0. The number of hydrogen-bond donors (Lipinski definition) is 0. The summed E-state index contributed by atoms with van der Waals surface area (Å²) in [6.45, 7) is 0. The first kappa shape index (κ1) is 25.7. The van der Waals surface area contributed by atoms with Crippen molar-refractivity contribution in [2.45, 2.75) is 0 Å². The molecule has 0 heterocycles. The van der Waals surface area contributed by atoms with E-state index in [1.807, 2.05) is 0 Å². The molecule has 0 unspecified atom stereocenters. The van der Waals surface area contributed by atoms with Crippen molar-refractivity contribution in [2.24, 2.45) is 0 Å². The molecule has 0 fully saturated rings. The summed E-state index contributed by atoms with van der Waals surface area (Å²) in [7, 11) is 0. The first-order chi connectivity index (χ1) is 0. The molecule has 4 heteroatoms. The summed E-state index contributed by atoms with van der Waals surface area (Å²) in [4.78, 5) is 0. The molecule has 0 saturated heterocycles. The summed E-state index contributed by atoms with van der Waals surface area (Å²) in [5, 5.41) is 0. The van der Waals surface area contributed by atoms with Crippen LogP contribution in [0.4, 0.5) is 0 Å². The van der Waals surface area contributed by atoms with Crippen LogP contribution in [-0.4, -0.2) is 129 Å². The Hall–Kier alpha value is 3.54. The standard InChI is InChI=1S/Ba.Cs.2H2O.3H/h;;2*1H2;;;. The molecular formula is H7BaCsO2. The Labute approximate surface area is 124 Å². The predicted octanol–water partition coefficient (Wildman–Crippen LogP) is -3.21. The van der Waals surface area contributed by atoms with Gasteiger partial charge in [-0.2, -0.15) is 0 Å². The average molecular weight is 309 g/mol. The molecule has 2 nitrogen and oxygen atoms in total. The summed E-state index contributed by atoms with van der Waals surface area (Å²) < 4.78 is 0. The maximum absolute atomic E-state index is 0. The zero-order chi connectivity index (χ0) is 0. The molecule has 0 amide bonds. The van der Waals surface area contributed by atoms with E-state index in [1.54, 1.807) is 0 Å². The van der Waals surface area contributed by atoms with E-state index in [2.05, 4.69) is 0 Å². The van der Waals surface area contributed by atoms with Gasteiger partial charge in [0.2, 0.25) is 0 Å². The van der Waals surface area contributed by atoms with Crippen molar-refractivity contribution >= 4 is 118 Å². The number of hydrogen-bond acceptors (Lipinski definition) is 0. The van der Waals surface area contributed by atoms with Crippen LogP contribution in [0.2, 0.25) is 0 Å². The van der Waals surface area contributed by atoms with E-state index in [1.165, 1.54) is 0 Å². The molecule has 0 spiro atoms. The minimum absolute atomic E-state index is 0. The molecule has 4 N–H and O–H groups in total. The van der Waals surface area contributed by atoms with Gasteiger partial charge < -0.3 is 11.0 Å². The topological polar surface area (TPSA) is 63.0 Å². The van der Waals surface area contributed by atoms with Gasteiger partial charge in [-0.3, -0.25) is 0 Å². The molecule has 0 aromatic carbocycles. The molecule has 22 valence electrons. The minimum atomic E-state index is 0. The second-order valence-electron chi connectivity index (χ2n) is 0. The van der Waals surface area contributed by atoms with Crippen molar-refractivity contribution in [3.8, 4) is 0 Å². The molecule has 0 aromatic heterocycles. The molecule has 0 rings (SSSR count). The zero-order valence-corrected chi connectivity index (χ0v) is 1.00. The molecule has 0 aromatic rings. The first-order valence-corrected chi connectivity index (χ1v) is 0. The van der Waals surface area contributed by atoms with Gasteiger partial charge in [0.05, 0.1) is 0 Å². The average Bonchev–Trinajstić information content (AvgIpc) is 0. The monoisotopic (exact) mass is 310 g/mol. The molecule has 0 aliphatic heterocycles. The Morgan fingerprint density at radius 2 is 0.750 bits per heavy atom. The Kier molecular flexibility index (Phi) is 103. The van der Waals surface area contributed by atoms with Crippen molar-refractivity contribution < 1.29 is 11.0 Å².